The Morgan fingerprint density at radius 1 is 1.25 bits per heavy atom. The summed E-state index contributed by atoms with van der Waals surface area (Å²) < 4.78 is 6.06. The van der Waals surface area contributed by atoms with E-state index in [-0.39, 0.29) is 0 Å². The molecule has 1 aromatic heterocycles. The summed E-state index contributed by atoms with van der Waals surface area (Å²) in [6.07, 6.45) is 4.79. The summed E-state index contributed by atoms with van der Waals surface area (Å²) in [6, 6.07) is 1.17. The Labute approximate surface area is 154 Å². The molecule has 0 unspecified atom stereocenters. The number of nitrogens with one attached hydrogen (secondary N) is 2. The number of H-pyrrole nitrogens is 1. The molecule has 24 heavy (non-hydrogen) atoms. The third-order valence-electron chi connectivity index (χ3n) is 5.11. The molecular formula is C17H27ClN4OS. The first-order valence-corrected chi connectivity index (χ1v) is 9.71. The zero-order valence-electron chi connectivity index (χ0n) is 14.5. The van der Waals surface area contributed by atoms with Crippen molar-refractivity contribution in [1.82, 2.24) is 14.9 Å². The van der Waals surface area contributed by atoms with Gasteiger partial charge in [0, 0.05) is 30.7 Å². The summed E-state index contributed by atoms with van der Waals surface area (Å²) >= 11 is 11.5. The summed E-state index contributed by atoms with van der Waals surface area (Å²) in [5, 5.41) is 4.00. The highest BCUT2D eigenvalue weighted by molar-refractivity contribution is 7.71. The first-order valence-electron chi connectivity index (χ1n) is 8.92. The Hall–Kier alpha value is -0.690. The van der Waals surface area contributed by atoms with Crippen molar-refractivity contribution in [2.75, 3.05) is 31.6 Å². The maximum Gasteiger partial charge on any atom is 0.202 e. The standard InChI is InChI=1S/C17H27ClN4OS/c1-11(2)14-15(20-17(18)21-16(14)24)19-12-3-5-13(6-4-12)22-7-9-23-10-8-22/h11-13H,3-10H2,1-2H3,(H2,19,20,21,24). The van der Waals surface area contributed by atoms with E-state index in [0.29, 0.717) is 27.9 Å². The molecule has 2 fully saturated rings. The summed E-state index contributed by atoms with van der Waals surface area (Å²) in [6.45, 7) is 8.18. The first kappa shape index (κ1) is 18.1. The van der Waals surface area contributed by atoms with E-state index in [2.05, 4.69) is 34.0 Å². The minimum absolute atomic E-state index is 0.311. The third-order valence-corrected chi connectivity index (χ3v) is 5.60. The van der Waals surface area contributed by atoms with Crippen LogP contribution in [0.15, 0.2) is 0 Å². The van der Waals surface area contributed by atoms with Gasteiger partial charge in [0.05, 0.1) is 13.2 Å². The Bertz CT molecular complexity index is 607. The maximum atomic E-state index is 6.08. The highest BCUT2D eigenvalue weighted by Crippen LogP contribution is 2.29. The summed E-state index contributed by atoms with van der Waals surface area (Å²) in [4.78, 5) is 9.95. The topological polar surface area (TPSA) is 53.2 Å². The van der Waals surface area contributed by atoms with Crippen LogP contribution in [0.1, 0.15) is 51.0 Å². The largest absolute Gasteiger partial charge is 0.379 e. The van der Waals surface area contributed by atoms with Crippen LogP contribution >= 0.6 is 23.8 Å². The number of aromatic nitrogens is 2. The predicted octanol–water partition coefficient (Wildman–Crippen LogP) is 3.97. The van der Waals surface area contributed by atoms with E-state index < -0.39 is 0 Å². The normalized spacial score (nSPS) is 25.8. The van der Waals surface area contributed by atoms with Gasteiger partial charge in [0.2, 0.25) is 5.28 Å². The van der Waals surface area contributed by atoms with Crippen LogP contribution in [0.4, 0.5) is 5.82 Å². The molecule has 5 nitrogen and oxygen atoms in total. The van der Waals surface area contributed by atoms with E-state index in [4.69, 9.17) is 28.6 Å². The molecular weight excluding hydrogens is 344 g/mol. The Morgan fingerprint density at radius 2 is 1.92 bits per heavy atom. The second-order valence-electron chi connectivity index (χ2n) is 7.07. The second kappa shape index (κ2) is 8.13. The van der Waals surface area contributed by atoms with Gasteiger partial charge in [-0.1, -0.05) is 26.1 Å². The summed E-state index contributed by atoms with van der Waals surface area (Å²) in [5.74, 6) is 1.26. The third kappa shape index (κ3) is 4.28. The average molecular weight is 371 g/mol. The predicted molar refractivity (Wildman–Crippen MR) is 101 cm³/mol. The summed E-state index contributed by atoms with van der Waals surface area (Å²) in [7, 11) is 0. The van der Waals surface area contributed by atoms with Crippen molar-refractivity contribution in [3.05, 3.63) is 15.5 Å². The first-order chi connectivity index (χ1) is 11.5. The number of anilines is 1. The number of hydrogen-bond acceptors (Lipinski definition) is 5. The van der Waals surface area contributed by atoms with Crippen LogP contribution in [0.3, 0.4) is 0 Å². The van der Waals surface area contributed by atoms with Crippen LogP contribution in [0.2, 0.25) is 5.28 Å². The minimum Gasteiger partial charge on any atom is -0.379 e. The molecule has 1 aromatic rings. The lowest BCUT2D eigenvalue weighted by Gasteiger charge is -2.39. The fourth-order valence-corrected chi connectivity index (χ4v) is 4.49. The number of rotatable bonds is 4. The van der Waals surface area contributed by atoms with Crippen LogP contribution in [-0.2, 0) is 4.74 Å². The average Bonchev–Trinajstić information content (AvgIpc) is 2.55. The molecule has 0 radical (unpaired) electrons. The number of hydrogen-bond donors (Lipinski definition) is 2. The number of morpholine rings is 1. The van der Waals surface area contributed by atoms with E-state index >= 15 is 0 Å². The van der Waals surface area contributed by atoms with Gasteiger partial charge < -0.3 is 15.0 Å². The van der Waals surface area contributed by atoms with Crippen LogP contribution < -0.4 is 5.32 Å². The van der Waals surface area contributed by atoms with Gasteiger partial charge >= 0.3 is 0 Å². The lowest BCUT2D eigenvalue weighted by atomic mass is 9.89. The van der Waals surface area contributed by atoms with Crippen molar-refractivity contribution < 1.29 is 4.74 Å². The number of aromatic amines is 1. The number of ether oxygens (including phenoxy) is 1. The molecule has 0 amide bonds. The molecule has 0 bridgehead atoms. The fourth-order valence-electron chi connectivity index (χ4n) is 3.84. The molecule has 0 atom stereocenters. The maximum absolute atomic E-state index is 6.08. The van der Waals surface area contributed by atoms with Crippen molar-refractivity contribution in [2.45, 2.75) is 57.5 Å². The highest BCUT2D eigenvalue weighted by atomic mass is 35.5. The van der Waals surface area contributed by atoms with Crippen molar-refractivity contribution in [3.63, 3.8) is 0 Å². The second-order valence-corrected chi connectivity index (χ2v) is 7.82. The SMILES string of the molecule is CC(C)c1c(NC2CCC(N3CCOCC3)CC2)[nH]c(Cl)nc1=S. The van der Waals surface area contributed by atoms with Crippen molar-refractivity contribution in [3.8, 4) is 0 Å². The minimum atomic E-state index is 0.311. The Kier molecular flexibility index (Phi) is 6.13. The van der Waals surface area contributed by atoms with Crippen LogP contribution in [0, 0.1) is 4.64 Å². The summed E-state index contributed by atoms with van der Waals surface area (Å²) in [5.41, 5.74) is 1.06. The van der Waals surface area contributed by atoms with Gasteiger partial charge in [0.1, 0.15) is 10.5 Å². The molecule has 2 aliphatic rings. The molecule has 1 saturated carbocycles. The molecule has 2 N–H and O–H groups in total. The van der Waals surface area contributed by atoms with Crippen LogP contribution in [0.25, 0.3) is 0 Å². The van der Waals surface area contributed by atoms with Gasteiger partial charge in [-0.3, -0.25) is 4.90 Å². The van der Waals surface area contributed by atoms with E-state index in [1.54, 1.807) is 0 Å². The van der Waals surface area contributed by atoms with E-state index in [1.807, 2.05) is 0 Å². The van der Waals surface area contributed by atoms with Gasteiger partial charge in [-0.25, -0.2) is 4.98 Å². The molecule has 1 saturated heterocycles. The Balaban J connectivity index is 1.63. The van der Waals surface area contributed by atoms with E-state index in [0.717, 1.165) is 37.7 Å². The highest BCUT2D eigenvalue weighted by Gasteiger charge is 2.27. The molecule has 0 aromatic carbocycles. The Morgan fingerprint density at radius 3 is 2.54 bits per heavy atom. The number of halogens is 1. The molecule has 0 spiro atoms. The van der Waals surface area contributed by atoms with E-state index in [9.17, 15) is 0 Å². The van der Waals surface area contributed by atoms with Crippen molar-refractivity contribution in [1.29, 1.82) is 0 Å². The molecule has 1 aliphatic heterocycles. The van der Waals surface area contributed by atoms with Gasteiger partial charge in [0.25, 0.3) is 0 Å². The van der Waals surface area contributed by atoms with Crippen molar-refractivity contribution in [2.24, 2.45) is 0 Å². The van der Waals surface area contributed by atoms with Gasteiger partial charge in [0.15, 0.2) is 0 Å². The monoisotopic (exact) mass is 370 g/mol. The van der Waals surface area contributed by atoms with Gasteiger partial charge in [-0.05, 0) is 43.2 Å². The molecule has 134 valence electrons. The van der Waals surface area contributed by atoms with Gasteiger partial charge in [-0.15, -0.1) is 0 Å². The molecule has 7 heteroatoms. The van der Waals surface area contributed by atoms with E-state index in [1.165, 1.54) is 25.7 Å². The molecule has 1 aliphatic carbocycles. The molecule has 3 rings (SSSR count). The lowest BCUT2D eigenvalue weighted by molar-refractivity contribution is 0.00790. The fraction of sp³-hybridized carbons (Fsp3) is 0.765. The van der Waals surface area contributed by atoms with Crippen LogP contribution in [-0.4, -0.2) is 53.3 Å². The lowest BCUT2D eigenvalue weighted by Crippen LogP contribution is -2.46. The quantitative estimate of drug-likeness (QED) is 0.620. The number of nitrogens with zero attached hydrogens (tertiary/aromatic N) is 2. The smallest absolute Gasteiger partial charge is 0.202 e. The molecule has 2 heterocycles. The zero-order valence-corrected chi connectivity index (χ0v) is 16.1. The van der Waals surface area contributed by atoms with Crippen LogP contribution in [0.5, 0.6) is 0 Å². The van der Waals surface area contributed by atoms with Crippen molar-refractivity contribution >= 4 is 29.6 Å². The zero-order chi connectivity index (χ0) is 17.1. The van der Waals surface area contributed by atoms with Gasteiger partial charge in [-0.2, -0.15) is 0 Å².